The number of carbonyl (C=O) groups is 1. The van der Waals surface area contributed by atoms with Crippen LogP contribution in [0.3, 0.4) is 0 Å². The number of aryl methyl sites for hydroxylation is 1. The normalized spacial score (nSPS) is 10.0. The zero-order valence-corrected chi connectivity index (χ0v) is 14.3. The molecule has 0 bridgehead atoms. The number of ether oxygens (including phenoxy) is 1. The Labute approximate surface area is 145 Å². The lowest BCUT2D eigenvalue weighted by Crippen LogP contribution is -2.31. The summed E-state index contributed by atoms with van der Waals surface area (Å²) in [4.78, 5) is 36.4. The van der Waals surface area contributed by atoms with Gasteiger partial charge in [0, 0.05) is 30.2 Å². The third kappa shape index (κ3) is 5.50. The molecule has 0 aliphatic rings. The number of H-pyrrole nitrogens is 1. The quantitative estimate of drug-likeness (QED) is 0.509. The van der Waals surface area contributed by atoms with Crippen molar-refractivity contribution in [3.8, 4) is 11.8 Å². The number of nitrogens with zero attached hydrogens (tertiary/aromatic N) is 1. The molecule has 0 saturated carbocycles. The van der Waals surface area contributed by atoms with Crippen molar-refractivity contribution in [1.29, 1.82) is 0 Å². The van der Waals surface area contributed by atoms with Gasteiger partial charge in [0.25, 0.3) is 5.56 Å². The lowest BCUT2D eigenvalue weighted by Gasteiger charge is -2.06. The minimum absolute atomic E-state index is 0.223. The fourth-order valence-electron chi connectivity index (χ4n) is 2.21. The second-order valence-electron chi connectivity index (χ2n) is 5.63. The Morgan fingerprint density at radius 2 is 1.96 bits per heavy atom. The molecule has 0 fully saturated rings. The van der Waals surface area contributed by atoms with Crippen molar-refractivity contribution < 1.29 is 9.53 Å². The molecule has 6 heteroatoms. The smallest absolute Gasteiger partial charge is 0.328 e. The van der Waals surface area contributed by atoms with E-state index in [0.717, 1.165) is 11.1 Å². The monoisotopic (exact) mass is 340 g/mol. The van der Waals surface area contributed by atoms with Gasteiger partial charge < -0.3 is 4.74 Å². The van der Waals surface area contributed by atoms with Crippen LogP contribution in [0.1, 0.15) is 36.0 Å². The average Bonchev–Trinajstić information content (AvgIpc) is 2.60. The van der Waals surface area contributed by atoms with Crippen molar-refractivity contribution >= 4 is 5.97 Å². The van der Waals surface area contributed by atoms with Crippen LogP contribution in [0.15, 0.2) is 40.1 Å². The summed E-state index contributed by atoms with van der Waals surface area (Å²) in [5, 5.41) is 0. The number of rotatable bonds is 5. The first-order valence-corrected chi connectivity index (χ1v) is 7.94. The molecule has 0 atom stereocenters. The van der Waals surface area contributed by atoms with Crippen LogP contribution in [-0.4, -0.2) is 22.6 Å². The summed E-state index contributed by atoms with van der Waals surface area (Å²) in [6, 6.07) is 7.55. The van der Waals surface area contributed by atoms with Gasteiger partial charge in [-0.2, -0.15) is 0 Å². The van der Waals surface area contributed by atoms with Crippen LogP contribution in [0.2, 0.25) is 0 Å². The number of aromatic nitrogens is 2. The van der Waals surface area contributed by atoms with Crippen molar-refractivity contribution in [2.45, 2.75) is 32.7 Å². The minimum Gasteiger partial charge on any atom is -0.469 e. The highest BCUT2D eigenvalue weighted by molar-refractivity contribution is 5.69. The Balaban J connectivity index is 1.97. The van der Waals surface area contributed by atoms with E-state index in [9.17, 15) is 14.4 Å². The maximum absolute atomic E-state index is 11.8. The van der Waals surface area contributed by atoms with Crippen LogP contribution < -0.4 is 11.2 Å². The number of esters is 1. The minimum atomic E-state index is -0.426. The van der Waals surface area contributed by atoms with Crippen LogP contribution in [0, 0.1) is 18.8 Å². The van der Waals surface area contributed by atoms with Crippen LogP contribution >= 0.6 is 0 Å². The number of hydrogen-bond acceptors (Lipinski definition) is 4. The maximum atomic E-state index is 11.8. The Morgan fingerprint density at radius 1 is 1.24 bits per heavy atom. The molecule has 130 valence electrons. The Kier molecular flexibility index (Phi) is 6.35. The molecule has 2 aromatic rings. The van der Waals surface area contributed by atoms with Gasteiger partial charge in [-0.15, -0.1) is 0 Å². The first-order valence-electron chi connectivity index (χ1n) is 7.94. The number of unbranched alkanes of at least 4 members (excludes halogenated alkanes) is 1. The fourth-order valence-corrected chi connectivity index (χ4v) is 2.21. The van der Waals surface area contributed by atoms with Gasteiger partial charge in [0.15, 0.2) is 0 Å². The third-order valence-corrected chi connectivity index (χ3v) is 3.64. The van der Waals surface area contributed by atoms with Crippen LogP contribution in [0.5, 0.6) is 0 Å². The molecule has 2 rings (SSSR count). The predicted molar refractivity (Wildman–Crippen MR) is 94.3 cm³/mol. The van der Waals surface area contributed by atoms with Crippen molar-refractivity contribution in [3.05, 3.63) is 68.0 Å². The van der Waals surface area contributed by atoms with Crippen molar-refractivity contribution in [1.82, 2.24) is 9.55 Å². The lowest BCUT2D eigenvalue weighted by atomic mass is 10.1. The van der Waals surface area contributed by atoms with Gasteiger partial charge in [-0.3, -0.25) is 19.1 Å². The molecule has 0 radical (unpaired) electrons. The summed E-state index contributed by atoms with van der Waals surface area (Å²) < 4.78 is 6.03. The highest BCUT2D eigenvalue weighted by atomic mass is 16.5. The second kappa shape index (κ2) is 8.69. The summed E-state index contributed by atoms with van der Waals surface area (Å²) in [5.41, 5.74) is 1.51. The maximum Gasteiger partial charge on any atom is 0.328 e. The van der Waals surface area contributed by atoms with E-state index in [1.54, 1.807) is 13.1 Å². The summed E-state index contributed by atoms with van der Waals surface area (Å²) in [7, 11) is 1.37. The molecule has 1 aromatic carbocycles. The molecule has 0 amide bonds. The highest BCUT2D eigenvalue weighted by Crippen LogP contribution is 2.05. The molecule has 0 saturated heterocycles. The van der Waals surface area contributed by atoms with Crippen molar-refractivity contribution in [3.63, 3.8) is 0 Å². The Bertz CT molecular complexity index is 911. The van der Waals surface area contributed by atoms with Crippen LogP contribution in [-0.2, 0) is 16.1 Å². The molecule has 6 nitrogen and oxygen atoms in total. The lowest BCUT2D eigenvalue weighted by molar-refractivity contribution is -0.140. The predicted octanol–water partition coefficient (Wildman–Crippen LogP) is 1.59. The van der Waals surface area contributed by atoms with Crippen molar-refractivity contribution in [2.24, 2.45) is 0 Å². The standard InChI is InChI=1S/C19H20N2O4/c1-14-12-21(19(24)20-18(14)23)13-16-10-8-15(9-11-16)6-4-3-5-7-17(22)25-2/h8-12H,3,5,7,13H2,1-2H3,(H,20,23,24). The summed E-state index contributed by atoms with van der Waals surface area (Å²) in [6.45, 7) is 2.04. The molecular weight excluding hydrogens is 320 g/mol. The van der Waals surface area contributed by atoms with E-state index in [2.05, 4.69) is 21.6 Å². The number of methoxy groups -OCH3 is 1. The Morgan fingerprint density at radius 3 is 2.64 bits per heavy atom. The van der Waals surface area contributed by atoms with Gasteiger partial charge in [-0.1, -0.05) is 24.0 Å². The molecule has 0 aliphatic carbocycles. The number of nitrogens with one attached hydrogen (secondary N) is 1. The first-order chi connectivity index (χ1) is 12.0. The second-order valence-corrected chi connectivity index (χ2v) is 5.63. The third-order valence-electron chi connectivity index (χ3n) is 3.64. The largest absolute Gasteiger partial charge is 0.469 e. The fraction of sp³-hybridized carbons (Fsp3) is 0.316. The van der Waals surface area contributed by atoms with Crippen LogP contribution in [0.4, 0.5) is 0 Å². The number of carbonyl (C=O) groups excluding carboxylic acids is 1. The number of hydrogen-bond donors (Lipinski definition) is 1. The Hall–Kier alpha value is -3.07. The van der Waals surface area contributed by atoms with E-state index in [1.807, 2.05) is 24.3 Å². The highest BCUT2D eigenvalue weighted by Gasteiger charge is 2.02. The average molecular weight is 340 g/mol. The topological polar surface area (TPSA) is 81.2 Å². The molecule has 0 spiro atoms. The van der Waals surface area contributed by atoms with Crippen molar-refractivity contribution in [2.75, 3.05) is 7.11 Å². The summed E-state index contributed by atoms with van der Waals surface area (Å²) >= 11 is 0. The zero-order chi connectivity index (χ0) is 18.2. The van der Waals surface area contributed by atoms with Gasteiger partial charge in [-0.05, 0) is 31.0 Å². The SMILES string of the molecule is COC(=O)CCCC#Cc1ccc(Cn2cc(C)c(=O)[nH]c2=O)cc1. The number of benzene rings is 1. The van der Waals surface area contributed by atoms with Gasteiger partial charge in [0.2, 0.25) is 0 Å². The van der Waals surface area contributed by atoms with E-state index in [-0.39, 0.29) is 11.5 Å². The molecule has 1 aromatic heterocycles. The van der Waals surface area contributed by atoms with E-state index in [4.69, 9.17) is 0 Å². The van der Waals surface area contributed by atoms with Gasteiger partial charge >= 0.3 is 11.7 Å². The summed E-state index contributed by atoms with van der Waals surface area (Å²) in [6.07, 6.45) is 3.22. The van der Waals surface area contributed by atoms with Gasteiger partial charge in [-0.25, -0.2) is 4.79 Å². The van der Waals surface area contributed by atoms with E-state index in [1.165, 1.54) is 11.7 Å². The molecular formula is C19H20N2O4. The zero-order valence-electron chi connectivity index (χ0n) is 14.3. The number of aromatic amines is 1. The van der Waals surface area contributed by atoms with E-state index >= 15 is 0 Å². The molecule has 25 heavy (non-hydrogen) atoms. The molecule has 0 unspecified atom stereocenters. The first kappa shape index (κ1) is 18.3. The molecule has 1 heterocycles. The van der Waals surface area contributed by atoms with E-state index < -0.39 is 5.69 Å². The van der Waals surface area contributed by atoms with Gasteiger partial charge in [0.05, 0.1) is 13.7 Å². The van der Waals surface area contributed by atoms with Gasteiger partial charge in [0.1, 0.15) is 0 Å². The molecule has 0 aliphatic heterocycles. The summed E-state index contributed by atoms with van der Waals surface area (Å²) in [5.74, 6) is 5.83. The van der Waals surface area contributed by atoms with E-state index in [0.29, 0.717) is 31.4 Å². The molecule has 1 N–H and O–H groups in total. The van der Waals surface area contributed by atoms with Crippen LogP contribution in [0.25, 0.3) is 0 Å².